The Balaban J connectivity index is 1.46. The van der Waals surface area contributed by atoms with Gasteiger partial charge in [-0.05, 0) is 56.0 Å². The lowest BCUT2D eigenvalue weighted by Crippen LogP contribution is -2.44. The number of ether oxygens (including phenoxy) is 1. The zero-order valence-corrected chi connectivity index (χ0v) is 19.3. The molecule has 1 aliphatic heterocycles. The Labute approximate surface area is 197 Å². The molecule has 1 aliphatic rings. The van der Waals surface area contributed by atoms with Crippen molar-refractivity contribution < 1.29 is 14.3 Å². The molecule has 0 bridgehead atoms. The van der Waals surface area contributed by atoms with Crippen LogP contribution < -0.4 is 21.1 Å². The number of urea groups is 1. The third kappa shape index (κ3) is 4.90. The highest BCUT2D eigenvalue weighted by Crippen LogP contribution is 2.25. The number of nitrogens with zero attached hydrogens (tertiary/aromatic N) is 4. The number of carbonyl (C=O) groups excluding carboxylic acids is 2. The summed E-state index contributed by atoms with van der Waals surface area (Å²) in [6.45, 7) is 3.56. The number of para-hydroxylation sites is 1. The van der Waals surface area contributed by atoms with E-state index < -0.39 is 11.6 Å². The van der Waals surface area contributed by atoms with Crippen molar-refractivity contribution >= 4 is 29.5 Å². The van der Waals surface area contributed by atoms with E-state index in [9.17, 15) is 9.59 Å². The molecular weight excluding hydrogens is 434 g/mol. The fourth-order valence-electron chi connectivity index (χ4n) is 3.79. The van der Waals surface area contributed by atoms with Crippen LogP contribution in [-0.2, 0) is 17.8 Å². The predicted octanol–water partition coefficient (Wildman–Crippen LogP) is 2.96. The lowest BCUT2D eigenvalue weighted by atomic mass is 9.93. The van der Waals surface area contributed by atoms with Gasteiger partial charge in [-0.1, -0.05) is 30.3 Å². The van der Waals surface area contributed by atoms with Gasteiger partial charge >= 0.3 is 6.03 Å². The van der Waals surface area contributed by atoms with Gasteiger partial charge in [0.25, 0.3) is 5.91 Å². The third-order valence-corrected chi connectivity index (χ3v) is 5.81. The number of nitrogen functional groups attached to an aromatic ring is 1. The van der Waals surface area contributed by atoms with Crippen LogP contribution in [0.5, 0.6) is 5.75 Å². The standard InChI is InChI=1S/C24H27N7O3/c1-15-6-4-5-7-18(15)26-22-28-19(27-21(25)29-22)14-31-20(32)24(2,30-23(31)33)13-12-16-8-10-17(34-3)11-9-16/h4-11H,12-14H2,1-3H3,(H,30,33)(H3,25,26,27,28,29)/t24-/m1/s1. The second-order valence-corrected chi connectivity index (χ2v) is 8.37. The van der Waals surface area contributed by atoms with Gasteiger partial charge in [0.2, 0.25) is 11.9 Å². The van der Waals surface area contributed by atoms with Gasteiger partial charge in [0.1, 0.15) is 11.3 Å². The molecule has 34 heavy (non-hydrogen) atoms. The molecule has 0 unspecified atom stereocenters. The van der Waals surface area contributed by atoms with Crippen molar-refractivity contribution in [3.05, 3.63) is 65.5 Å². The van der Waals surface area contributed by atoms with E-state index in [1.54, 1.807) is 14.0 Å². The number of hydrogen-bond acceptors (Lipinski definition) is 8. The average molecular weight is 462 g/mol. The minimum absolute atomic E-state index is 0.00425. The Bertz CT molecular complexity index is 1220. The third-order valence-electron chi connectivity index (χ3n) is 5.81. The second kappa shape index (κ2) is 9.34. The number of imide groups is 1. The molecule has 3 amide bonds. The molecule has 2 heterocycles. The van der Waals surface area contributed by atoms with Crippen molar-refractivity contribution in [1.82, 2.24) is 25.2 Å². The Morgan fingerprint density at radius 1 is 1.09 bits per heavy atom. The second-order valence-electron chi connectivity index (χ2n) is 8.37. The maximum Gasteiger partial charge on any atom is 0.325 e. The van der Waals surface area contributed by atoms with Crippen LogP contribution in [0.25, 0.3) is 0 Å². The molecule has 0 radical (unpaired) electrons. The molecule has 0 saturated carbocycles. The van der Waals surface area contributed by atoms with Gasteiger partial charge in [-0.2, -0.15) is 15.0 Å². The Morgan fingerprint density at radius 3 is 2.53 bits per heavy atom. The van der Waals surface area contributed by atoms with Gasteiger partial charge in [0, 0.05) is 5.69 Å². The van der Waals surface area contributed by atoms with E-state index in [-0.39, 0.29) is 30.2 Å². The largest absolute Gasteiger partial charge is 0.497 e. The van der Waals surface area contributed by atoms with E-state index in [4.69, 9.17) is 10.5 Å². The number of aryl methyl sites for hydroxylation is 2. The zero-order chi connectivity index (χ0) is 24.3. The number of anilines is 3. The quantitative estimate of drug-likeness (QED) is 0.436. The van der Waals surface area contributed by atoms with Crippen molar-refractivity contribution in [2.75, 3.05) is 18.2 Å². The lowest BCUT2D eigenvalue weighted by molar-refractivity contribution is -0.131. The molecule has 1 fully saturated rings. The van der Waals surface area contributed by atoms with Crippen LogP contribution in [-0.4, -0.2) is 44.4 Å². The van der Waals surface area contributed by atoms with Crippen LogP contribution in [0, 0.1) is 6.92 Å². The minimum atomic E-state index is -1.03. The van der Waals surface area contributed by atoms with E-state index in [1.807, 2.05) is 55.5 Å². The van der Waals surface area contributed by atoms with Crippen molar-refractivity contribution in [3.8, 4) is 5.75 Å². The molecule has 3 aromatic rings. The van der Waals surface area contributed by atoms with Gasteiger partial charge in [-0.25, -0.2) is 4.79 Å². The number of aromatic nitrogens is 3. The molecule has 176 valence electrons. The minimum Gasteiger partial charge on any atom is -0.497 e. The summed E-state index contributed by atoms with van der Waals surface area (Å²) in [5, 5.41) is 5.92. The van der Waals surface area contributed by atoms with Crippen molar-refractivity contribution in [1.29, 1.82) is 0 Å². The van der Waals surface area contributed by atoms with Gasteiger partial charge < -0.3 is 21.1 Å². The molecule has 1 aromatic heterocycles. The Morgan fingerprint density at radius 2 is 1.82 bits per heavy atom. The molecule has 10 heteroatoms. The summed E-state index contributed by atoms with van der Waals surface area (Å²) in [5.74, 6) is 0.880. The molecular formula is C24H27N7O3. The Kier molecular flexibility index (Phi) is 6.31. The predicted molar refractivity (Wildman–Crippen MR) is 128 cm³/mol. The summed E-state index contributed by atoms with van der Waals surface area (Å²) in [6.07, 6.45) is 1.06. The highest BCUT2D eigenvalue weighted by atomic mass is 16.5. The number of hydrogen-bond donors (Lipinski definition) is 3. The molecule has 10 nitrogen and oxygen atoms in total. The fourth-order valence-corrected chi connectivity index (χ4v) is 3.79. The monoisotopic (exact) mass is 461 g/mol. The summed E-state index contributed by atoms with van der Waals surface area (Å²) in [6, 6.07) is 14.8. The summed E-state index contributed by atoms with van der Waals surface area (Å²) >= 11 is 0. The van der Waals surface area contributed by atoms with Crippen molar-refractivity contribution in [3.63, 3.8) is 0 Å². The molecule has 2 aromatic carbocycles. The zero-order valence-electron chi connectivity index (χ0n) is 19.3. The van der Waals surface area contributed by atoms with Gasteiger partial charge in [0.15, 0.2) is 5.82 Å². The molecule has 1 atom stereocenters. The van der Waals surface area contributed by atoms with Crippen LogP contribution >= 0.6 is 0 Å². The average Bonchev–Trinajstić information content (AvgIpc) is 3.02. The van der Waals surface area contributed by atoms with Gasteiger partial charge in [0.05, 0.1) is 13.7 Å². The van der Waals surface area contributed by atoms with Gasteiger partial charge in [-0.15, -0.1) is 0 Å². The van der Waals surface area contributed by atoms with Crippen molar-refractivity contribution in [2.45, 2.75) is 38.8 Å². The highest BCUT2D eigenvalue weighted by Gasteiger charge is 2.47. The first-order valence-electron chi connectivity index (χ1n) is 10.9. The van der Waals surface area contributed by atoms with Crippen molar-refractivity contribution in [2.24, 2.45) is 0 Å². The topological polar surface area (TPSA) is 135 Å². The molecule has 0 aliphatic carbocycles. The number of nitrogens with one attached hydrogen (secondary N) is 2. The first kappa shape index (κ1) is 23.0. The summed E-state index contributed by atoms with van der Waals surface area (Å²) in [5.41, 5.74) is 7.70. The van der Waals surface area contributed by atoms with Crippen LogP contribution in [0.4, 0.5) is 22.4 Å². The number of amides is 3. The number of rotatable bonds is 8. The summed E-state index contributed by atoms with van der Waals surface area (Å²) in [4.78, 5) is 39.5. The van der Waals surface area contributed by atoms with E-state index in [1.165, 1.54) is 0 Å². The highest BCUT2D eigenvalue weighted by molar-refractivity contribution is 6.06. The van der Waals surface area contributed by atoms with Crippen LogP contribution in [0.1, 0.15) is 30.3 Å². The normalized spacial score (nSPS) is 17.6. The molecule has 1 saturated heterocycles. The molecule has 0 spiro atoms. The fraction of sp³-hybridized carbons (Fsp3) is 0.292. The maximum atomic E-state index is 13.2. The van der Waals surface area contributed by atoms with E-state index in [0.717, 1.165) is 27.5 Å². The number of carbonyl (C=O) groups is 2. The first-order valence-corrected chi connectivity index (χ1v) is 10.9. The summed E-state index contributed by atoms with van der Waals surface area (Å²) in [7, 11) is 1.61. The smallest absolute Gasteiger partial charge is 0.325 e. The molecule has 4 rings (SSSR count). The van der Waals surface area contributed by atoms with Crippen LogP contribution in [0.15, 0.2) is 48.5 Å². The number of methoxy groups -OCH3 is 1. The first-order chi connectivity index (χ1) is 16.3. The van der Waals surface area contributed by atoms with Gasteiger partial charge in [-0.3, -0.25) is 9.69 Å². The maximum absolute atomic E-state index is 13.2. The Hall–Kier alpha value is -4.21. The van der Waals surface area contributed by atoms with E-state index in [2.05, 4.69) is 25.6 Å². The number of benzene rings is 2. The SMILES string of the molecule is COc1ccc(CC[C@@]2(C)NC(=O)N(Cc3nc(N)nc(Nc4ccccc4C)n3)C2=O)cc1. The van der Waals surface area contributed by atoms with E-state index >= 15 is 0 Å². The summed E-state index contributed by atoms with van der Waals surface area (Å²) < 4.78 is 5.18. The molecule has 4 N–H and O–H groups in total. The van der Waals surface area contributed by atoms with E-state index in [0.29, 0.717) is 12.8 Å². The van der Waals surface area contributed by atoms with Crippen LogP contribution in [0.2, 0.25) is 0 Å². The van der Waals surface area contributed by atoms with Crippen LogP contribution in [0.3, 0.4) is 0 Å². The number of nitrogens with two attached hydrogens (primary N) is 1. The lowest BCUT2D eigenvalue weighted by Gasteiger charge is -2.21.